The van der Waals surface area contributed by atoms with Crippen LogP contribution in [-0.4, -0.2) is 44.7 Å². The molecule has 5 heteroatoms. The van der Waals surface area contributed by atoms with E-state index in [4.69, 9.17) is 9.47 Å². The summed E-state index contributed by atoms with van der Waals surface area (Å²) in [5.74, 6) is 0.129. The summed E-state index contributed by atoms with van der Waals surface area (Å²) >= 11 is 0. The summed E-state index contributed by atoms with van der Waals surface area (Å²) in [6, 6.07) is 0. The third-order valence-electron chi connectivity index (χ3n) is 2.33. The number of ether oxygens (including phenoxy) is 2. The molecule has 0 aromatic rings. The Labute approximate surface area is 109 Å². The van der Waals surface area contributed by atoms with Crippen molar-refractivity contribution in [3.8, 4) is 0 Å². The second-order valence-electron chi connectivity index (χ2n) is 4.73. The van der Waals surface area contributed by atoms with Gasteiger partial charge in [0.25, 0.3) is 0 Å². The number of rotatable bonds is 10. The molecule has 0 spiro atoms. The lowest BCUT2D eigenvalue weighted by atomic mass is 10.1. The summed E-state index contributed by atoms with van der Waals surface area (Å²) in [6.45, 7) is 9.32. The van der Waals surface area contributed by atoms with Crippen molar-refractivity contribution in [2.75, 3.05) is 33.0 Å². The van der Waals surface area contributed by atoms with E-state index in [0.29, 0.717) is 26.4 Å². The summed E-state index contributed by atoms with van der Waals surface area (Å²) in [5.41, 5.74) is 0. The second kappa shape index (κ2) is 10.0. The number of amides is 1. The lowest BCUT2D eigenvalue weighted by Gasteiger charge is -2.09. The Morgan fingerprint density at radius 2 is 1.56 bits per heavy atom. The molecule has 0 aliphatic rings. The number of Topliss-reactive ketones (excluding diaryl/α,β-unsaturated/α-hetero) is 1. The van der Waals surface area contributed by atoms with E-state index in [-0.39, 0.29) is 30.1 Å². The Hall–Kier alpha value is -0.940. The quantitative estimate of drug-likeness (QED) is 0.595. The summed E-state index contributed by atoms with van der Waals surface area (Å²) in [4.78, 5) is 22.4. The zero-order chi connectivity index (χ0) is 14.0. The lowest BCUT2D eigenvalue weighted by molar-refractivity contribution is -0.127. The number of hydrogen-bond acceptors (Lipinski definition) is 4. The molecular formula is C13H25NO4. The van der Waals surface area contributed by atoms with Crippen LogP contribution in [0.5, 0.6) is 0 Å². The SMILES string of the molecule is CC(C)C(=O)COCCOCCNC(=O)C(C)C. The molecule has 0 saturated carbocycles. The van der Waals surface area contributed by atoms with Crippen LogP contribution >= 0.6 is 0 Å². The first-order valence-corrected chi connectivity index (χ1v) is 6.41. The van der Waals surface area contributed by atoms with Crippen molar-refractivity contribution in [2.45, 2.75) is 27.7 Å². The van der Waals surface area contributed by atoms with Crippen LogP contribution in [-0.2, 0) is 19.1 Å². The van der Waals surface area contributed by atoms with Crippen LogP contribution in [0, 0.1) is 11.8 Å². The van der Waals surface area contributed by atoms with Gasteiger partial charge in [-0.2, -0.15) is 0 Å². The molecule has 18 heavy (non-hydrogen) atoms. The summed E-state index contributed by atoms with van der Waals surface area (Å²) in [7, 11) is 0. The molecule has 0 heterocycles. The van der Waals surface area contributed by atoms with Crippen molar-refractivity contribution in [2.24, 2.45) is 11.8 Å². The topological polar surface area (TPSA) is 64.6 Å². The van der Waals surface area contributed by atoms with Crippen LogP contribution < -0.4 is 5.32 Å². The van der Waals surface area contributed by atoms with E-state index in [1.54, 1.807) is 0 Å². The van der Waals surface area contributed by atoms with Crippen molar-refractivity contribution in [3.05, 3.63) is 0 Å². The molecule has 0 aliphatic heterocycles. The van der Waals surface area contributed by atoms with Gasteiger partial charge in [0.2, 0.25) is 5.91 Å². The van der Waals surface area contributed by atoms with Gasteiger partial charge in [-0.25, -0.2) is 0 Å². The zero-order valence-corrected chi connectivity index (χ0v) is 11.8. The Bertz CT molecular complexity index is 225. The first-order valence-electron chi connectivity index (χ1n) is 6.41. The van der Waals surface area contributed by atoms with Crippen LogP contribution in [0.4, 0.5) is 0 Å². The fourth-order valence-electron chi connectivity index (χ4n) is 1.01. The van der Waals surface area contributed by atoms with Gasteiger partial charge in [0.1, 0.15) is 6.61 Å². The van der Waals surface area contributed by atoms with Gasteiger partial charge in [0, 0.05) is 18.4 Å². The maximum Gasteiger partial charge on any atom is 0.222 e. The molecule has 0 unspecified atom stereocenters. The Kier molecular flexibility index (Phi) is 9.50. The summed E-state index contributed by atoms with van der Waals surface area (Å²) < 4.78 is 10.4. The van der Waals surface area contributed by atoms with Crippen molar-refractivity contribution < 1.29 is 19.1 Å². The Morgan fingerprint density at radius 1 is 0.944 bits per heavy atom. The fourth-order valence-corrected chi connectivity index (χ4v) is 1.01. The van der Waals surface area contributed by atoms with Crippen LogP contribution in [0.15, 0.2) is 0 Å². The van der Waals surface area contributed by atoms with E-state index in [1.807, 2.05) is 27.7 Å². The highest BCUT2D eigenvalue weighted by atomic mass is 16.5. The van der Waals surface area contributed by atoms with Crippen LogP contribution in [0.1, 0.15) is 27.7 Å². The zero-order valence-electron chi connectivity index (χ0n) is 11.8. The average Bonchev–Trinajstić information content (AvgIpc) is 2.31. The maximum atomic E-state index is 11.2. The Morgan fingerprint density at radius 3 is 2.11 bits per heavy atom. The minimum atomic E-state index is -0.00428. The van der Waals surface area contributed by atoms with Gasteiger partial charge in [-0.05, 0) is 0 Å². The predicted molar refractivity (Wildman–Crippen MR) is 69.3 cm³/mol. The Balaban J connectivity index is 3.27. The van der Waals surface area contributed by atoms with E-state index >= 15 is 0 Å². The van der Waals surface area contributed by atoms with Crippen molar-refractivity contribution >= 4 is 11.7 Å². The van der Waals surface area contributed by atoms with E-state index in [9.17, 15) is 9.59 Å². The van der Waals surface area contributed by atoms with Gasteiger partial charge < -0.3 is 14.8 Å². The standard InChI is InChI=1S/C13H25NO4/c1-10(2)12(15)9-18-8-7-17-6-5-14-13(16)11(3)4/h10-11H,5-9H2,1-4H3,(H,14,16). The minimum absolute atomic E-state index is 0.00428. The molecule has 0 bridgehead atoms. The van der Waals surface area contributed by atoms with E-state index in [0.717, 1.165) is 0 Å². The first-order chi connectivity index (χ1) is 8.45. The van der Waals surface area contributed by atoms with Gasteiger partial charge >= 0.3 is 0 Å². The van der Waals surface area contributed by atoms with Crippen LogP contribution in [0.3, 0.4) is 0 Å². The molecule has 1 N–H and O–H groups in total. The highest BCUT2D eigenvalue weighted by Crippen LogP contribution is 1.94. The number of nitrogens with one attached hydrogen (secondary N) is 1. The molecule has 0 aliphatic carbocycles. The molecule has 5 nitrogen and oxygen atoms in total. The molecule has 0 aromatic carbocycles. The molecule has 0 radical (unpaired) electrons. The smallest absolute Gasteiger partial charge is 0.222 e. The van der Waals surface area contributed by atoms with Crippen molar-refractivity contribution in [1.29, 1.82) is 0 Å². The van der Waals surface area contributed by atoms with Crippen molar-refractivity contribution in [1.82, 2.24) is 5.32 Å². The fraction of sp³-hybridized carbons (Fsp3) is 0.846. The van der Waals surface area contributed by atoms with E-state index < -0.39 is 0 Å². The lowest BCUT2D eigenvalue weighted by Crippen LogP contribution is -2.31. The van der Waals surface area contributed by atoms with Gasteiger partial charge in [0.15, 0.2) is 5.78 Å². The van der Waals surface area contributed by atoms with Crippen molar-refractivity contribution in [3.63, 3.8) is 0 Å². The van der Waals surface area contributed by atoms with E-state index in [1.165, 1.54) is 0 Å². The second-order valence-corrected chi connectivity index (χ2v) is 4.73. The molecule has 1 amide bonds. The minimum Gasteiger partial charge on any atom is -0.377 e. The summed E-state index contributed by atoms with van der Waals surface area (Å²) in [6.07, 6.45) is 0. The molecular weight excluding hydrogens is 234 g/mol. The molecule has 0 rings (SSSR count). The molecule has 106 valence electrons. The molecule has 0 aromatic heterocycles. The highest BCUT2D eigenvalue weighted by molar-refractivity contribution is 5.81. The molecule has 0 atom stereocenters. The molecule has 0 saturated heterocycles. The third kappa shape index (κ3) is 9.13. The largest absolute Gasteiger partial charge is 0.377 e. The van der Waals surface area contributed by atoms with Gasteiger partial charge in [-0.15, -0.1) is 0 Å². The third-order valence-corrected chi connectivity index (χ3v) is 2.33. The maximum absolute atomic E-state index is 11.2. The summed E-state index contributed by atoms with van der Waals surface area (Å²) in [5, 5.41) is 2.75. The first kappa shape index (κ1) is 17.1. The average molecular weight is 259 g/mol. The monoisotopic (exact) mass is 259 g/mol. The van der Waals surface area contributed by atoms with Gasteiger partial charge in [0.05, 0.1) is 19.8 Å². The highest BCUT2D eigenvalue weighted by Gasteiger charge is 2.06. The predicted octanol–water partition coefficient (Wildman–Crippen LogP) is 1.02. The number of carbonyl (C=O) groups excluding carboxylic acids is 2. The van der Waals surface area contributed by atoms with E-state index in [2.05, 4.69) is 5.32 Å². The number of ketones is 1. The van der Waals surface area contributed by atoms with Gasteiger partial charge in [-0.1, -0.05) is 27.7 Å². The van der Waals surface area contributed by atoms with Crippen LogP contribution in [0.25, 0.3) is 0 Å². The number of carbonyl (C=O) groups is 2. The van der Waals surface area contributed by atoms with Crippen LogP contribution in [0.2, 0.25) is 0 Å². The number of hydrogen-bond donors (Lipinski definition) is 1. The molecule has 0 fully saturated rings. The van der Waals surface area contributed by atoms with Gasteiger partial charge in [-0.3, -0.25) is 9.59 Å². The normalized spacial score (nSPS) is 11.0.